The molecular weight excluding hydrogens is 1370 g/mol. The van der Waals surface area contributed by atoms with E-state index in [0.717, 1.165) is 5.56 Å². The lowest BCUT2D eigenvalue weighted by Gasteiger charge is -2.26. The minimum atomic E-state index is -1.71. The van der Waals surface area contributed by atoms with Crippen molar-refractivity contribution in [2.45, 2.75) is 170 Å². The quantitative estimate of drug-likeness (QED) is 0.0151. The molecule has 0 radical (unpaired) electrons. The fourth-order valence-electron chi connectivity index (χ4n) is 11.1. The van der Waals surface area contributed by atoms with Crippen molar-refractivity contribution in [3.05, 3.63) is 108 Å². The number of carboxylic acid groups (broad SMARTS) is 2. The van der Waals surface area contributed by atoms with Crippen LogP contribution in [0.3, 0.4) is 0 Å². The predicted octanol–water partition coefficient (Wildman–Crippen LogP) is -5.51. The summed E-state index contributed by atoms with van der Waals surface area (Å²) < 4.78 is 0. The van der Waals surface area contributed by atoms with E-state index >= 15 is 0 Å². The molecule has 3 aromatic carbocycles. The first kappa shape index (κ1) is 83.9. The molecule has 0 bridgehead atoms. The number of nitrogens with one attached hydrogen (secondary N) is 17. The predicted molar refractivity (Wildman–Crippen MR) is 378 cm³/mol. The minimum Gasteiger partial charge on any atom is -0.481 e. The molecule has 570 valence electrons. The second-order valence-corrected chi connectivity index (χ2v) is 25.1. The molecule has 37 nitrogen and oxygen atoms in total. The van der Waals surface area contributed by atoms with Crippen molar-refractivity contribution in [2.24, 2.45) is 17.2 Å². The highest BCUT2D eigenvalue weighted by Crippen LogP contribution is 2.14. The molecule has 5 rings (SSSR count). The average Bonchev–Trinajstić information content (AvgIpc) is 1.72. The molecule has 105 heavy (non-hydrogen) atoms. The largest absolute Gasteiger partial charge is 0.481 e. The number of rotatable bonds is 34. The Balaban J connectivity index is 1.30. The van der Waals surface area contributed by atoms with Crippen molar-refractivity contribution in [2.75, 3.05) is 39.3 Å². The molecule has 2 saturated heterocycles. The van der Waals surface area contributed by atoms with Gasteiger partial charge in [0.05, 0.1) is 32.0 Å². The van der Waals surface area contributed by atoms with E-state index in [1.807, 2.05) is 0 Å². The van der Waals surface area contributed by atoms with Gasteiger partial charge in [0.15, 0.2) is 11.9 Å². The van der Waals surface area contributed by atoms with Crippen LogP contribution in [0.4, 0.5) is 0 Å². The molecule has 10 atom stereocenters. The summed E-state index contributed by atoms with van der Waals surface area (Å²) in [7, 11) is 0. The normalized spacial score (nSPS) is 20.7. The van der Waals surface area contributed by atoms with Crippen molar-refractivity contribution < 1.29 is 82.1 Å². The Morgan fingerprint density at radius 2 is 0.762 bits per heavy atom. The van der Waals surface area contributed by atoms with Crippen LogP contribution in [0.15, 0.2) is 91.0 Å². The van der Waals surface area contributed by atoms with E-state index in [-0.39, 0.29) is 134 Å². The summed E-state index contributed by atoms with van der Waals surface area (Å²) in [6.07, 6.45) is -2.17. The highest BCUT2D eigenvalue weighted by Gasteiger charge is 2.36. The standard InChI is InChI=1S/C68H96N20O17/c69-42(32-39-16-4-1-5-17-39)57(96)82-47(58(97)75-29-13-11-23-46-62(101)84-44(25-15-31-77-68(72)73)60(99)79-38-54(91)81-51(36-56(94)95)66(105)88-49(64(103)86-46)34-41-20-8-3-9-21-41)26-27-52(89)74-28-12-10-22-45-61(100)83-43(24-14-30-76-67(70)71)59(98)78-37-53(90)80-50(35-55(92)93)65(104)87-48(63(102)85-45)33-40-18-6-2-7-19-40/h1-9,16-21,42-51H,10-15,22-38,69H2,(H,74,89)(H,75,97)(H,78,98)(H,79,99)(H,80,90)(H,81,91)(H,82,96)(H,83,100)(H,84,101)(H,85,102)(H,86,103)(H,87,104)(H,88,105)(H,92,93)(H,94,95)(H4,70,71,76)(H4,72,73,77)/t42-,43-,44-,45?,46-,47?,48+,49+,50-,51-/m0/s1. The van der Waals surface area contributed by atoms with Gasteiger partial charge < -0.3 is 107 Å². The van der Waals surface area contributed by atoms with E-state index in [1.165, 1.54) is 0 Å². The number of carboxylic acids is 2. The molecule has 13 amide bonds. The number of carbonyl (C=O) groups excluding carboxylic acids is 13. The number of hydrogen-bond acceptors (Lipinski definition) is 18. The van der Waals surface area contributed by atoms with Gasteiger partial charge >= 0.3 is 11.9 Å². The highest BCUT2D eigenvalue weighted by molar-refractivity contribution is 6.00. The van der Waals surface area contributed by atoms with Gasteiger partial charge in [0.1, 0.15) is 54.4 Å². The van der Waals surface area contributed by atoms with Crippen LogP contribution in [-0.2, 0) is 91.2 Å². The summed E-state index contributed by atoms with van der Waals surface area (Å²) in [5.74, 6) is -14.9. The molecule has 37 heteroatoms. The number of carbonyl (C=O) groups is 15. The van der Waals surface area contributed by atoms with E-state index in [0.29, 0.717) is 11.1 Å². The molecule has 2 unspecified atom stereocenters. The molecule has 2 heterocycles. The van der Waals surface area contributed by atoms with Crippen LogP contribution in [0.5, 0.6) is 0 Å². The Hall–Kier alpha value is -11.8. The lowest BCUT2D eigenvalue weighted by atomic mass is 10.0. The third-order valence-electron chi connectivity index (χ3n) is 16.6. The maximum absolute atomic E-state index is 14.3. The zero-order valence-corrected chi connectivity index (χ0v) is 57.9. The van der Waals surface area contributed by atoms with Gasteiger partial charge in [-0.1, -0.05) is 91.0 Å². The van der Waals surface area contributed by atoms with Crippen LogP contribution in [-0.4, -0.2) is 211 Å². The smallest absolute Gasteiger partial charge is 0.305 e. The first-order valence-electron chi connectivity index (χ1n) is 34.4. The molecule has 0 saturated carbocycles. The van der Waals surface area contributed by atoms with E-state index in [4.69, 9.17) is 28.0 Å². The molecule has 0 aromatic heterocycles. The minimum absolute atomic E-state index is 0.0147. The second kappa shape index (κ2) is 44.6. The van der Waals surface area contributed by atoms with Crippen LogP contribution < -0.4 is 97.0 Å². The number of unbranched alkanes of at least 4 members (excludes halogenated alkanes) is 2. The SMILES string of the molecule is N=C(N)NCCC[C@@H]1NC(=O)C(CCCCNC(=O)CCC(NC(=O)[C@@H](N)Cc2ccccc2)C(=O)NCCCC[C@@H]2NC(=O)[C@@H](Cc3ccccc3)NC(=O)[C@H](CC(=O)O)NC(=O)CNC(=O)[C@H](CCCNC(=N)N)NC2=O)NC(=O)[C@@H](Cc2ccccc2)NC(=O)[C@H](CC(=O)O)NC(=O)CNC1=O. The van der Waals surface area contributed by atoms with Gasteiger partial charge in [-0.25, -0.2) is 0 Å². The van der Waals surface area contributed by atoms with Crippen LogP contribution in [0.2, 0.25) is 0 Å². The fourth-order valence-corrected chi connectivity index (χ4v) is 11.1. The lowest BCUT2D eigenvalue weighted by molar-refractivity contribution is -0.141. The topological polar surface area (TPSA) is 603 Å². The van der Waals surface area contributed by atoms with E-state index < -0.39 is 175 Å². The summed E-state index contributed by atoms with van der Waals surface area (Å²) in [5.41, 5.74) is 19.0. The fraction of sp³-hybridized carbons (Fsp3) is 0.485. The Bertz CT molecular complexity index is 3520. The second-order valence-electron chi connectivity index (χ2n) is 25.1. The van der Waals surface area contributed by atoms with Crippen molar-refractivity contribution in [1.29, 1.82) is 10.8 Å². The average molecular weight is 1470 g/mol. The zero-order chi connectivity index (χ0) is 76.8. The zero-order valence-electron chi connectivity index (χ0n) is 57.9. The molecule has 25 N–H and O–H groups in total. The highest BCUT2D eigenvalue weighted by atomic mass is 16.4. The van der Waals surface area contributed by atoms with Gasteiger partial charge in [0.25, 0.3) is 0 Å². The molecule has 0 aliphatic carbocycles. The van der Waals surface area contributed by atoms with E-state index in [1.54, 1.807) is 91.0 Å². The number of hydrogen-bond donors (Lipinski definition) is 22. The summed E-state index contributed by atoms with van der Waals surface area (Å²) in [5, 5.41) is 72.6. The number of benzene rings is 3. The van der Waals surface area contributed by atoms with E-state index in [2.05, 4.69) is 79.8 Å². The number of aliphatic carboxylic acids is 2. The van der Waals surface area contributed by atoms with Crippen LogP contribution >= 0.6 is 0 Å². The molecule has 2 aliphatic heterocycles. The van der Waals surface area contributed by atoms with Gasteiger partial charge in [0, 0.05) is 45.4 Å². The van der Waals surface area contributed by atoms with Crippen LogP contribution in [0.25, 0.3) is 0 Å². The summed E-state index contributed by atoms with van der Waals surface area (Å²) in [6.45, 7) is -1.40. The van der Waals surface area contributed by atoms with Crippen molar-refractivity contribution in [1.82, 2.24) is 79.8 Å². The van der Waals surface area contributed by atoms with Gasteiger partial charge in [-0.2, -0.15) is 0 Å². The Morgan fingerprint density at radius 3 is 1.16 bits per heavy atom. The van der Waals surface area contributed by atoms with Crippen LogP contribution in [0, 0.1) is 10.8 Å². The lowest BCUT2D eigenvalue weighted by Crippen LogP contribution is -2.58. The Morgan fingerprint density at radius 1 is 0.419 bits per heavy atom. The van der Waals surface area contributed by atoms with Crippen molar-refractivity contribution >= 4 is 101 Å². The molecule has 0 spiro atoms. The van der Waals surface area contributed by atoms with Gasteiger partial charge in [-0.05, 0) is 93.7 Å². The Labute approximate surface area is 604 Å². The number of amides is 13. The third kappa shape index (κ3) is 32.0. The maximum atomic E-state index is 14.3. The Kier molecular flexibility index (Phi) is 35.6. The van der Waals surface area contributed by atoms with Gasteiger partial charge in [-0.15, -0.1) is 0 Å². The number of guanidine groups is 2. The summed E-state index contributed by atoms with van der Waals surface area (Å²) in [4.78, 5) is 203. The van der Waals surface area contributed by atoms with E-state index in [9.17, 15) is 82.1 Å². The molecule has 2 fully saturated rings. The summed E-state index contributed by atoms with van der Waals surface area (Å²) in [6, 6.07) is 11.3. The first-order chi connectivity index (χ1) is 50.1. The monoisotopic (exact) mass is 1460 g/mol. The van der Waals surface area contributed by atoms with Gasteiger partial charge in [0.2, 0.25) is 76.8 Å². The van der Waals surface area contributed by atoms with Gasteiger partial charge in [-0.3, -0.25) is 82.7 Å². The number of nitrogens with two attached hydrogens (primary N) is 3. The van der Waals surface area contributed by atoms with Crippen LogP contribution in [0.1, 0.15) is 107 Å². The third-order valence-corrected chi connectivity index (χ3v) is 16.6. The molecule has 3 aromatic rings. The summed E-state index contributed by atoms with van der Waals surface area (Å²) >= 11 is 0. The maximum Gasteiger partial charge on any atom is 0.305 e. The molecule has 2 aliphatic rings. The first-order valence-corrected chi connectivity index (χ1v) is 34.4. The van der Waals surface area contributed by atoms with Crippen molar-refractivity contribution in [3.63, 3.8) is 0 Å². The molecular formula is C68H96N20O17. The van der Waals surface area contributed by atoms with Crippen molar-refractivity contribution in [3.8, 4) is 0 Å².